The summed E-state index contributed by atoms with van der Waals surface area (Å²) in [5, 5.41) is 5.69. The summed E-state index contributed by atoms with van der Waals surface area (Å²) in [6.45, 7) is 1.51. The van der Waals surface area contributed by atoms with Gasteiger partial charge < -0.3 is 19.8 Å². The summed E-state index contributed by atoms with van der Waals surface area (Å²) >= 11 is 0. The van der Waals surface area contributed by atoms with Gasteiger partial charge in [-0.15, -0.1) is 0 Å². The minimum atomic E-state index is -0.246. The first-order valence-corrected chi connectivity index (χ1v) is 6.15. The number of ether oxygens (including phenoxy) is 1. The predicted molar refractivity (Wildman–Crippen MR) is 72.3 cm³/mol. The maximum atomic E-state index is 11.8. The molecule has 0 aliphatic heterocycles. The van der Waals surface area contributed by atoms with Crippen LogP contribution in [0, 0.1) is 0 Å². The second-order valence-corrected chi connectivity index (χ2v) is 3.98. The lowest BCUT2D eigenvalue weighted by molar-refractivity contribution is 0.0947. The van der Waals surface area contributed by atoms with Crippen molar-refractivity contribution in [3.8, 4) is 0 Å². The monoisotopic (exact) mass is 276 g/mol. The molecule has 0 aromatic carbocycles. The molecule has 7 heteroatoms. The molecule has 0 aliphatic rings. The van der Waals surface area contributed by atoms with E-state index < -0.39 is 0 Å². The maximum absolute atomic E-state index is 11.8. The van der Waals surface area contributed by atoms with Crippen molar-refractivity contribution in [3.05, 3.63) is 42.1 Å². The SMILES string of the molecule is COCCNc1ncc(C(=O)NCc2ccco2)cn1. The highest BCUT2D eigenvalue weighted by Gasteiger charge is 2.07. The fourth-order valence-corrected chi connectivity index (χ4v) is 1.48. The maximum Gasteiger partial charge on any atom is 0.254 e. The standard InChI is InChI=1S/C13H16N4O3/c1-19-6-4-14-13-16-7-10(8-17-13)12(18)15-9-11-3-2-5-20-11/h2-3,5,7-8H,4,6,9H2,1H3,(H,15,18)(H,14,16,17). The molecule has 106 valence electrons. The Morgan fingerprint density at radius 1 is 1.40 bits per heavy atom. The van der Waals surface area contributed by atoms with E-state index in [9.17, 15) is 4.79 Å². The lowest BCUT2D eigenvalue weighted by Crippen LogP contribution is -2.23. The van der Waals surface area contributed by atoms with Gasteiger partial charge in [-0.05, 0) is 12.1 Å². The number of anilines is 1. The van der Waals surface area contributed by atoms with Gasteiger partial charge in [-0.1, -0.05) is 0 Å². The normalized spacial score (nSPS) is 10.2. The van der Waals surface area contributed by atoms with E-state index in [1.54, 1.807) is 25.5 Å². The van der Waals surface area contributed by atoms with E-state index in [2.05, 4.69) is 20.6 Å². The van der Waals surface area contributed by atoms with Crippen LogP contribution in [0.25, 0.3) is 0 Å². The van der Waals surface area contributed by atoms with Gasteiger partial charge in [0.15, 0.2) is 0 Å². The Bertz CT molecular complexity index is 525. The third-order valence-corrected chi connectivity index (χ3v) is 2.51. The van der Waals surface area contributed by atoms with Crippen LogP contribution in [0.5, 0.6) is 0 Å². The fourth-order valence-electron chi connectivity index (χ4n) is 1.48. The molecule has 0 bridgehead atoms. The molecule has 0 spiro atoms. The number of methoxy groups -OCH3 is 1. The predicted octanol–water partition coefficient (Wildman–Crippen LogP) is 1.06. The van der Waals surface area contributed by atoms with E-state index in [1.807, 2.05) is 0 Å². The Kier molecular flexibility index (Phi) is 5.08. The highest BCUT2D eigenvalue weighted by Crippen LogP contribution is 2.02. The summed E-state index contributed by atoms with van der Waals surface area (Å²) < 4.78 is 10.0. The van der Waals surface area contributed by atoms with Gasteiger partial charge in [0.25, 0.3) is 5.91 Å². The van der Waals surface area contributed by atoms with Gasteiger partial charge in [0.1, 0.15) is 5.76 Å². The van der Waals surface area contributed by atoms with E-state index in [-0.39, 0.29) is 5.91 Å². The van der Waals surface area contributed by atoms with Crippen LogP contribution in [0.2, 0.25) is 0 Å². The Morgan fingerprint density at radius 2 is 2.20 bits per heavy atom. The molecule has 2 heterocycles. The van der Waals surface area contributed by atoms with Gasteiger partial charge in [0.05, 0.1) is 25.0 Å². The Labute approximate surface area is 116 Å². The van der Waals surface area contributed by atoms with Crippen molar-refractivity contribution in [1.82, 2.24) is 15.3 Å². The smallest absolute Gasteiger partial charge is 0.254 e. The number of nitrogens with one attached hydrogen (secondary N) is 2. The van der Waals surface area contributed by atoms with Crippen molar-refractivity contribution in [1.29, 1.82) is 0 Å². The van der Waals surface area contributed by atoms with Crippen molar-refractivity contribution in [2.24, 2.45) is 0 Å². The summed E-state index contributed by atoms with van der Waals surface area (Å²) in [6, 6.07) is 3.56. The van der Waals surface area contributed by atoms with Gasteiger partial charge >= 0.3 is 0 Å². The minimum absolute atomic E-state index is 0.246. The highest BCUT2D eigenvalue weighted by molar-refractivity contribution is 5.93. The van der Waals surface area contributed by atoms with Crippen LogP contribution in [0.15, 0.2) is 35.2 Å². The molecule has 7 nitrogen and oxygen atoms in total. The summed E-state index contributed by atoms with van der Waals surface area (Å²) in [6.07, 6.45) is 4.50. The Balaban J connectivity index is 1.84. The third-order valence-electron chi connectivity index (χ3n) is 2.51. The number of amides is 1. The number of rotatable bonds is 7. The lowest BCUT2D eigenvalue weighted by atomic mass is 10.3. The van der Waals surface area contributed by atoms with Crippen LogP contribution in [-0.4, -0.2) is 36.1 Å². The van der Waals surface area contributed by atoms with Gasteiger partial charge in [0.2, 0.25) is 5.95 Å². The van der Waals surface area contributed by atoms with E-state index in [1.165, 1.54) is 12.4 Å². The molecule has 0 aliphatic carbocycles. The summed E-state index contributed by atoms with van der Waals surface area (Å²) in [4.78, 5) is 19.9. The Morgan fingerprint density at radius 3 is 2.85 bits per heavy atom. The molecular weight excluding hydrogens is 260 g/mol. The number of hydrogen-bond donors (Lipinski definition) is 2. The van der Waals surface area contributed by atoms with Crippen molar-refractivity contribution in [3.63, 3.8) is 0 Å². The number of aromatic nitrogens is 2. The van der Waals surface area contributed by atoms with Crippen LogP contribution in [0.4, 0.5) is 5.95 Å². The van der Waals surface area contributed by atoms with Gasteiger partial charge in [0, 0.05) is 26.0 Å². The molecule has 0 saturated heterocycles. The first-order chi connectivity index (χ1) is 9.79. The molecule has 0 saturated carbocycles. The highest BCUT2D eigenvalue weighted by atomic mass is 16.5. The van der Waals surface area contributed by atoms with E-state index in [4.69, 9.17) is 9.15 Å². The number of hydrogen-bond acceptors (Lipinski definition) is 6. The van der Waals surface area contributed by atoms with Gasteiger partial charge in [-0.25, -0.2) is 9.97 Å². The van der Waals surface area contributed by atoms with Gasteiger partial charge in [-0.2, -0.15) is 0 Å². The molecule has 0 unspecified atom stereocenters. The van der Waals surface area contributed by atoms with Crippen LogP contribution < -0.4 is 10.6 Å². The first-order valence-electron chi connectivity index (χ1n) is 6.15. The molecule has 2 rings (SSSR count). The van der Waals surface area contributed by atoms with Crippen molar-refractivity contribution in [2.75, 3.05) is 25.6 Å². The van der Waals surface area contributed by atoms with E-state index >= 15 is 0 Å². The van der Waals surface area contributed by atoms with Crippen molar-refractivity contribution >= 4 is 11.9 Å². The molecule has 0 atom stereocenters. The average molecular weight is 276 g/mol. The first kappa shape index (κ1) is 14.0. The zero-order valence-electron chi connectivity index (χ0n) is 11.1. The van der Waals surface area contributed by atoms with Crippen LogP contribution in [0.1, 0.15) is 16.1 Å². The molecule has 0 radical (unpaired) electrons. The summed E-state index contributed by atoms with van der Waals surface area (Å²) in [5.41, 5.74) is 0.397. The van der Waals surface area contributed by atoms with E-state index in [0.717, 1.165) is 0 Å². The summed E-state index contributed by atoms with van der Waals surface area (Å²) in [7, 11) is 1.62. The number of furan rings is 1. The number of carbonyl (C=O) groups is 1. The third kappa shape index (κ3) is 4.06. The second kappa shape index (κ2) is 7.25. The van der Waals surface area contributed by atoms with Gasteiger partial charge in [-0.3, -0.25) is 4.79 Å². The quantitative estimate of drug-likeness (QED) is 0.735. The molecule has 2 aromatic rings. The van der Waals surface area contributed by atoms with Crippen molar-refractivity contribution in [2.45, 2.75) is 6.54 Å². The molecule has 1 amide bonds. The number of nitrogens with zero attached hydrogens (tertiary/aromatic N) is 2. The Hall–Kier alpha value is -2.41. The fraction of sp³-hybridized carbons (Fsp3) is 0.308. The molecule has 2 N–H and O–H groups in total. The topological polar surface area (TPSA) is 89.3 Å². The second-order valence-electron chi connectivity index (χ2n) is 3.98. The molecule has 2 aromatic heterocycles. The van der Waals surface area contributed by atoms with Crippen LogP contribution in [0.3, 0.4) is 0 Å². The zero-order valence-corrected chi connectivity index (χ0v) is 11.1. The lowest BCUT2D eigenvalue weighted by Gasteiger charge is -2.05. The number of carbonyl (C=O) groups excluding carboxylic acids is 1. The van der Waals surface area contributed by atoms with Crippen LogP contribution >= 0.6 is 0 Å². The molecule has 20 heavy (non-hydrogen) atoms. The largest absolute Gasteiger partial charge is 0.467 e. The average Bonchev–Trinajstić information content (AvgIpc) is 2.99. The zero-order chi connectivity index (χ0) is 14.2. The minimum Gasteiger partial charge on any atom is -0.467 e. The van der Waals surface area contributed by atoms with E-state index in [0.29, 0.717) is 37.0 Å². The molecule has 0 fully saturated rings. The van der Waals surface area contributed by atoms with Crippen LogP contribution in [-0.2, 0) is 11.3 Å². The van der Waals surface area contributed by atoms with Crippen molar-refractivity contribution < 1.29 is 13.9 Å². The molecular formula is C13H16N4O3. The summed E-state index contributed by atoms with van der Waals surface area (Å²) in [5.74, 6) is 0.909.